The topological polar surface area (TPSA) is 0 Å². The lowest BCUT2D eigenvalue weighted by molar-refractivity contribution is 1.64. The molecule has 0 amide bonds. The van der Waals surface area contributed by atoms with E-state index in [1.54, 1.807) is 0 Å². The average molecular weight is 507 g/mol. The van der Waals surface area contributed by atoms with Crippen LogP contribution in [-0.4, -0.2) is 0 Å². The molecule has 0 nitrogen and oxygen atoms in total. The van der Waals surface area contributed by atoms with Gasteiger partial charge in [-0.3, -0.25) is 0 Å². The molecule has 0 bridgehead atoms. The van der Waals surface area contributed by atoms with Gasteiger partial charge in [0.05, 0.1) is 0 Å². The lowest BCUT2D eigenvalue weighted by Gasteiger charge is -2.19. The van der Waals surface area contributed by atoms with E-state index in [0.717, 1.165) is 0 Å². The van der Waals surface area contributed by atoms with Gasteiger partial charge in [0.2, 0.25) is 0 Å². The lowest BCUT2D eigenvalue weighted by Crippen LogP contribution is -1.91. The molecule has 0 saturated carbocycles. The van der Waals surface area contributed by atoms with E-state index in [2.05, 4.69) is 158 Å². The van der Waals surface area contributed by atoms with Crippen molar-refractivity contribution in [2.45, 2.75) is 0 Å². The molecule has 0 aromatic heterocycles. The second-order valence-electron chi connectivity index (χ2n) is 10.5. The summed E-state index contributed by atoms with van der Waals surface area (Å²) < 4.78 is 0. The first-order chi connectivity index (χ1) is 19.8. The minimum Gasteiger partial charge on any atom is -0.0622 e. The molecule has 0 aliphatic heterocycles. The largest absolute Gasteiger partial charge is 0.0622 e. The summed E-state index contributed by atoms with van der Waals surface area (Å²) in [5, 5.41) is 10.2. The highest BCUT2D eigenvalue weighted by Gasteiger charge is 2.18. The maximum Gasteiger partial charge on any atom is -0.00201 e. The molecule has 0 aliphatic carbocycles. The minimum absolute atomic E-state index is 1.24. The van der Waals surface area contributed by atoms with Gasteiger partial charge in [0, 0.05) is 0 Å². The first-order valence-electron chi connectivity index (χ1n) is 13.9. The fourth-order valence-corrected chi connectivity index (χ4v) is 6.38. The molecule has 0 radical (unpaired) electrons. The molecule has 0 saturated heterocycles. The molecular formula is C40H26. The maximum absolute atomic E-state index is 2.36. The summed E-state index contributed by atoms with van der Waals surface area (Å²) in [5.41, 5.74) is 7.62. The van der Waals surface area contributed by atoms with E-state index in [1.807, 2.05) is 0 Å². The second-order valence-corrected chi connectivity index (χ2v) is 10.5. The summed E-state index contributed by atoms with van der Waals surface area (Å²) in [6.45, 7) is 0. The van der Waals surface area contributed by atoms with Gasteiger partial charge in [0.25, 0.3) is 0 Å². The third kappa shape index (κ3) is 3.61. The van der Waals surface area contributed by atoms with E-state index < -0.39 is 0 Å². The Balaban J connectivity index is 1.40. The van der Waals surface area contributed by atoms with E-state index in [1.165, 1.54) is 76.5 Å². The highest BCUT2D eigenvalue weighted by atomic mass is 14.2. The number of rotatable bonds is 3. The Labute approximate surface area is 233 Å². The maximum atomic E-state index is 2.36. The molecule has 0 N–H and O–H groups in total. The van der Waals surface area contributed by atoms with Crippen LogP contribution < -0.4 is 0 Å². The summed E-state index contributed by atoms with van der Waals surface area (Å²) in [4.78, 5) is 0. The highest BCUT2D eigenvalue weighted by molar-refractivity contribution is 6.23. The average Bonchev–Trinajstić information content (AvgIpc) is 3.03. The Kier molecular flexibility index (Phi) is 5.24. The Morgan fingerprint density at radius 3 is 1.43 bits per heavy atom. The third-order valence-electron chi connectivity index (χ3n) is 8.23. The zero-order valence-electron chi connectivity index (χ0n) is 22.0. The van der Waals surface area contributed by atoms with Crippen molar-refractivity contribution in [3.8, 4) is 33.4 Å². The molecular weight excluding hydrogens is 480 g/mol. The predicted octanol–water partition coefficient (Wildman–Crippen LogP) is 11.3. The zero-order chi connectivity index (χ0) is 26.5. The summed E-state index contributed by atoms with van der Waals surface area (Å²) >= 11 is 0. The molecule has 0 heterocycles. The molecule has 8 aromatic rings. The van der Waals surface area contributed by atoms with Crippen molar-refractivity contribution in [1.82, 2.24) is 0 Å². The van der Waals surface area contributed by atoms with E-state index >= 15 is 0 Å². The van der Waals surface area contributed by atoms with Crippen molar-refractivity contribution in [3.05, 3.63) is 158 Å². The second kappa shape index (κ2) is 9.22. The summed E-state index contributed by atoms with van der Waals surface area (Å²) in [6, 6.07) is 57.5. The highest BCUT2D eigenvalue weighted by Crippen LogP contribution is 2.45. The molecule has 0 unspecified atom stereocenters. The quantitative estimate of drug-likeness (QED) is 0.209. The molecule has 0 spiro atoms. The Morgan fingerprint density at radius 2 is 0.750 bits per heavy atom. The van der Waals surface area contributed by atoms with E-state index in [4.69, 9.17) is 0 Å². The van der Waals surface area contributed by atoms with Gasteiger partial charge in [-0.15, -0.1) is 0 Å². The van der Waals surface area contributed by atoms with Gasteiger partial charge in [0.1, 0.15) is 0 Å². The number of hydrogen-bond donors (Lipinski definition) is 0. The van der Waals surface area contributed by atoms with Crippen LogP contribution in [0.1, 0.15) is 0 Å². The first-order valence-corrected chi connectivity index (χ1v) is 13.9. The van der Waals surface area contributed by atoms with Gasteiger partial charge in [-0.05, 0) is 88.6 Å². The van der Waals surface area contributed by atoms with Crippen LogP contribution in [-0.2, 0) is 0 Å². The normalized spacial score (nSPS) is 11.5. The van der Waals surface area contributed by atoms with Crippen LogP contribution in [0.5, 0.6) is 0 Å². The molecule has 0 fully saturated rings. The Bertz CT molecular complexity index is 2140. The van der Waals surface area contributed by atoms with Crippen LogP contribution in [0.3, 0.4) is 0 Å². The summed E-state index contributed by atoms with van der Waals surface area (Å²) in [7, 11) is 0. The first kappa shape index (κ1) is 22.8. The number of hydrogen-bond acceptors (Lipinski definition) is 0. The van der Waals surface area contributed by atoms with Crippen molar-refractivity contribution < 1.29 is 0 Å². The van der Waals surface area contributed by atoms with E-state index in [9.17, 15) is 0 Å². The fourth-order valence-electron chi connectivity index (χ4n) is 6.38. The van der Waals surface area contributed by atoms with Gasteiger partial charge >= 0.3 is 0 Å². The molecule has 186 valence electrons. The monoisotopic (exact) mass is 506 g/mol. The molecule has 0 atom stereocenters. The molecule has 0 aliphatic rings. The molecule has 8 rings (SSSR count). The van der Waals surface area contributed by atoms with Crippen LogP contribution in [0, 0.1) is 0 Å². The number of benzene rings is 8. The van der Waals surface area contributed by atoms with Gasteiger partial charge < -0.3 is 0 Å². The smallest absolute Gasteiger partial charge is 0.00201 e. The van der Waals surface area contributed by atoms with E-state index in [-0.39, 0.29) is 0 Å². The number of fused-ring (bicyclic) bond motifs is 4. The van der Waals surface area contributed by atoms with Gasteiger partial charge in [0.15, 0.2) is 0 Å². The SMILES string of the molecule is c1ccc(-c2ccc3cc(-c4c5ccccc5c(-c5cccc6ccccc56)c5ccccc45)ccc3c2)cc1. The van der Waals surface area contributed by atoms with Crippen LogP contribution >= 0.6 is 0 Å². The standard InChI is InChI=1S/C40H26/c1-2-11-27(12-3-1)29-21-22-31-26-32(24-23-30(31)25-29)39-35-16-6-8-18-37(35)40(38-19-9-7-17-36(38)39)34-20-10-14-28-13-4-5-15-33(28)34/h1-26H. The third-order valence-corrected chi connectivity index (χ3v) is 8.23. The van der Waals surface area contributed by atoms with Crippen molar-refractivity contribution in [2.75, 3.05) is 0 Å². The Hall–Kier alpha value is -5.20. The van der Waals surface area contributed by atoms with Crippen LogP contribution in [0.25, 0.3) is 76.5 Å². The van der Waals surface area contributed by atoms with Crippen molar-refractivity contribution >= 4 is 43.1 Å². The van der Waals surface area contributed by atoms with Gasteiger partial charge in [-0.25, -0.2) is 0 Å². The lowest BCUT2D eigenvalue weighted by atomic mass is 9.84. The molecule has 40 heavy (non-hydrogen) atoms. The minimum atomic E-state index is 1.24. The molecule has 0 heteroatoms. The Morgan fingerprint density at radius 1 is 0.250 bits per heavy atom. The predicted molar refractivity (Wildman–Crippen MR) is 173 cm³/mol. The summed E-state index contributed by atoms with van der Waals surface area (Å²) in [5.74, 6) is 0. The van der Waals surface area contributed by atoms with Crippen molar-refractivity contribution in [3.63, 3.8) is 0 Å². The van der Waals surface area contributed by atoms with Crippen LogP contribution in [0.15, 0.2) is 158 Å². The fraction of sp³-hybridized carbons (Fsp3) is 0. The van der Waals surface area contributed by atoms with Gasteiger partial charge in [-0.1, -0.05) is 146 Å². The van der Waals surface area contributed by atoms with Crippen molar-refractivity contribution in [1.29, 1.82) is 0 Å². The summed E-state index contributed by atoms with van der Waals surface area (Å²) in [6.07, 6.45) is 0. The van der Waals surface area contributed by atoms with Crippen molar-refractivity contribution in [2.24, 2.45) is 0 Å². The molecule has 8 aromatic carbocycles. The van der Waals surface area contributed by atoms with E-state index in [0.29, 0.717) is 0 Å². The van der Waals surface area contributed by atoms with Gasteiger partial charge in [-0.2, -0.15) is 0 Å². The van der Waals surface area contributed by atoms with Crippen LogP contribution in [0.4, 0.5) is 0 Å². The zero-order valence-corrected chi connectivity index (χ0v) is 22.0. The van der Waals surface area contributed by atoms with Crippen LogP contribution in [0.2, 0.25) is 0 Å².